The van der Waals surface area contributed by atoms with Crippen LogP contribution >= 0.6 is 11.3 Å². The number of aryl methyl sites for hydroxylation is 1. The molecule has 21 heavy (non-hydrogen) atoms. The highest BCUT2D eigenvalue weighted by molar-refractivity contribution is 7.11. The summed E-state index contributed by atoms with van der Waals surface area (Å²) in [5.74, 6) is 3.36. The third-order valence-corrected chi connectivity index (χ3v) is 4.66. The second kappa shape index (κ2) is 6.02. The van der Waals surface area contributed by atoms with E-state index in [2.05, 4.69) is 46.6 Å². The highest BCUT2D eigenvalue weighted by atomic mass is 32.1. The predicted octanol–water partition coefficient (Wildman–Crippen LogP) is 3.81. The molecule has 3 rings (SSSR count). The second-order valence-electron chi connectivity index (χ2n) is 5.78. The first kappa shape index (κ1) is 14.3. The van der Waals surface area contributed by atoms with Crippen molar-refractivity contribution in [2.24, 2.45) is 0 Å². The molecule has 112 valence electrons. The molecule has 0 radical (unpaired) electrons. The maximum absolute atomic E-state index is 4.67. The van der Waals surface area contributed by atoms with Crippen LogP contribution < -0.4 is 10.6 Å². The maximum atomic E-state index is 4.67. The molecule has 0 aromatic carbocycles. The molecule has 1 aliphatic carbocycles. The van der Waals surface area contributed by atoms with Crippen molar-refractivity contribution in [1.29, 1.82) is 0 Å². The van der Waals surface area contributed by atoms with Crippen LogP contribution in [0.5, 0.6) is 0 Å². The SMILES string of the molecule is CNc1cc(NC(C)Cc2ccc(C)s2)nc(C2CC2)n1. The lowest BCUT2D eigenvalue weighted by atomic mass is 10.2. The van der Waals surface area contributed by atoms with E-state index in [4.69, 9.17) is 0 Å². The number of hydrogen-bond donors (Lipinski definition) is 2. The zero-order valence-corrected chi connectivity index (χ0v) is 13.6. The molecule has 5 heteroatoms. The van der Waals surface area contributed by atoms with Crippen LogP contribution in [0.4, 0.5) is 11.6 Å². The average Bonchev–Trinajstić information content (AvgIpc) is 3.22. The Bertz CT molecular complexity index is 618. The van der Waals surface area contributed by atoms with E-state index in [9.17, 15) is 0 Å². The van der Waals surface area contributed by atoms with Gasteiger partial charge in [0.05, 0.1) is 0 Å². The van der Waals surface area contributed by atoms with Crippen molar-refractivity contribution in [2.45, 2.75) is 45.1 Å². The lowest BCUT2D eigenvalue weighted by Gasteiger charge is -2.15. The molecule has 2 N–H and O–H groups in total. The molecule has 1 atom stereocenters. The summed E-state index contributed by atoms with van der Waals surface area (Å²) in [6.45, 7) is 4.35. The number of thiophene rings is 1. The Morgan fingerprint density at radius 2 is 2.05 bits per heavy atom. The van der Waals surface area contributed by atoms with Gasteiger partial charge in [0, 0.05) is 41.2 Å². The fraction of sp³-hybridized carbons (Fsp3) is 0.500. The number of rotatable bonds is 6. The number of nitrogens with one attached hydrogen (secondary N) is 2. The molecule has 2 aromatic rings. The van der Waals surface area contributed by atoms with Crippen molar-refractivity contribution in [2.75, 3.05) is 17.7 Å². The quantitative estimate of drug-likeness (QED) is 0.852. The summed E-state index contributed by atoms with van der Waals surface area (Å²) < 4.78 is 0. The molecule has 0 bridgehead atoms. The van der Waals surface area contributed by atoms with Crippen molar-refractivity contribution in [1.82, 2.24) is 9.97 Å². The molecule has 0 saturated heterocycles. The van der Waals surface area contributed by atoms with E-state index in [1.165, 1.54) is 22.6 Å². The van der Waals surface area contributed by atoms with Crippen LogP contribution in [0.2, 0.25) is 0 Å². The van der Waals surface area contributed by atoms with Crippen LogP contribution in [-0.4, -0.2) is 23.1 Å². The molecule has 0 amide bonds. The van der Waals surface area contributed by atoms with Gasteiger partial charge in [0.1, 0.15) is 17.5 Å². The molecule has 1 saturated carbocycles. The van der Waals surface area contributed by atoms with Gasteiger partial charge in [-0.05, 0) is 38.8 Å². The molecule has 1 unspecified atom stereocenters. The fourth-order valence-corrected chi connectivity index (χ4v) is 3.41. The molecular weight excluding hydrogens is 280 g/mol. The fourth-order valence-electron chi connectivity index (χ4n) is 2.39. The van der Waals surface area contributed by atoms with Crippen molar-refractivity contribution >= 4 is 23.0 Å². The van der Waals surface area contributed by atoms with E-state index < -0.39 is 0 Å². The van der Waals surface area contributed by atoms with Gasteiger partial charge in [-0.1, -0.05) is 0 Å². The van der Waals surface area contributed by atoms with Gasteiger partial charge in [-0.15, -0.1) is 11.3 Å². The zero-order valence-electron chi connectivity index (χ0n) is 12.8. The molecule has 2 heterocycles. The van der Waals surface area contributed by atoms with Gasteiger partial charge in [0.25, 0.3) is 0 Å². The summed E-state index contributed by atoms with van der Waals surface area (Å²) in [6, 6.07) is 6.74. The van der Waals surface area contributed by atoms with E-state index in [1.54, 1.807) is 0 Å². The first-order chi connectivity index (χ1) is 10.1. The lowest BCUT2D eigenvalue weighted by molar-refractivity contribution is 0.788. The molecule has 2 aromatic heterocycles. The molecule has 4 nitrogen and oxygen atoms in total. The molecule has 0 spiro atoms. The number of anilines is 2. The van der Waals surface area contributed by atoms with Crippen LogP contribution in [0.25, 0.3) is 0 Å². The van der Waals surface area contributed by atoms with Gasteiger partial charge >= 0.3 is 0 Å². The molecule has 1 fully saturated rings. The van der Waals surface area contributed by atoms with Gasteiger partial charge in [0.15, 0.2) is 0 Å². The van der Waals surface area contributed by atoms with E-state index >= 15 is 0 Å². The smallest absolute Gasteiger partial charge is 0.136 e. The highest BCUT2D eigenvalue weighted by Gasteiger charge is 2.27. The Hall–Kier alpha value is -1.62. The number of aromatic nitrogens is 2. The third kappa shape index (κ3) is 3.73. The van der Waals surface area contributed by atoms with Gasteiger partial charge < -0.3 is 10.6 Å². The summed E-state index contributed by atoms with van der Waals surface area (Å²) in [5.41, 5.74) is 0. The van der Waals surface area contributed by atoms with Crippen molar-refractivity contribution in [3.8, 4) is 0 Å². The predicted molar refractivity (Wildman–Crippen MR) is 89.4 cm³/mol. The van der Waals surface area contributed by atoms with Gasteiger partial charge in [-0.2, -0.15) is 0 Å². The Labute approximate surface area is 130 Å². The van der Waals surface area contributed by atoms with E-state index in [1.807, 2.05) is 24.5 Å². The Morgan fingerprint density at radius 3 is 2.67 bits per heavy atom. The lowest BCUT2D eigenvalue weighted by Crippen LogP contribution is -2.19. The van der Waals surface area contributed by atoms with Gasteiger partial charge in [-0.3, -0.25) is 0 Å². The second-order valence-corrected chi connectivity index (χ2v) is 7.16. The van der Waals surface area contributed by atoms with Crippen molar-refractivity contribution < 1.29 is 0 Å². The standard InChI is InChI=1S/C16H22N4S/c1-10(8-13-7-4-11(2)21-13)18-15-9-14(17-3)19-16(20-15)12-5-6-12/h4,7,9-10,12H,5-6,8H2,1-3H3,(H2,17,18,19,20). The van der Waals surface area contributed by atoms with Crippen molar-refractivity contribution in [3.63, 3.8) is 0 Å². The topological polar surface area (TPSA) is 49.8 Å². The minimum absolute atomic E-state index is 0.356. The van der Waals surface area contributed by atoms with Crippen LogP contribution in [0.3, 0.4) is 0 Å². The van der Waals surface area contributed by atoms with Crippen molar-refractivity contribution in [3.05, 3.63) is 33.8 Å². The number of nitrogens with zero attached hydrogens (tertiary/aromatic N) is 2. The highest BCUT2D eigenvalue weighted by Crippen LogP contribution is 2.38. The van der Waals surface area contributed by atoms with E-state index in [-0.39, 0.29) is 0 Å². The zero-order chi connectivity index (χ0) is 14.8. The summed E-state index contributed by atoms with van der Waals surface area (Å²) in [7, 11) is 1.90. The van der Waals surface area contributed by atoms with Gasteiger partial charge in [0.2, 0.25) is 0 Å². The Kier molecular flexibility index (Phi) is 4.10. The minimum Gasteiger partial charge on any atom is -0.373 e. The third-order valence-electron chi connectivity index (χ3n) is 3.64. The summed E-state index contributed by atoms with van der Waals surface area (Å²) in [4.78, 5) is 12.0. The normalized spacial score (nSPS) is 15.8. The monoisotopic (exact) mass is 302 g/mol. The van der Waals surface area contributed by atoms with Crippen LogP contribution in [0.15, 0.2) is 18.2 Å². The van der Waals surface area contributed by atoms with Crippen LogP contribution in [0.1, 0.15) is 41.3 Å². The number of hydrogen-bond acceptors (Lipinski definition) is 5. The maximum Gasteiger partial charge on any atom is 0.136 e. The first-order valence-corrected chi connectivity index (χ1v) is 8.34. The molecule has 0 aliphatic heterocycles. The van der Waals surface area contributed by atoms with Crippen LogP contribution in [-0.2, 0) is 6.42 Å². The summed E-state index contributed by atoms with van der Waals surface area (Å²) in [6.07, 6.45) is 3.46. The molecule has 1 aliphatic rings. The Balaban J connectivity index is 1.69. The van der Waals surface area contributed by atoms with E-state index in [0.29, 0.717) is 12.0 Å². The van der Waals surface area contributed by atoms with Crippen LogP contribution in [0, 0.1) is 6.92 Å². The van der Waals surface area contributed by atoms with Gasteiger partial charge in [-0.25, -0.2) is 9.97 Å². The van der Waals surface area contributed by atoms with E-state index in [0.717, 1.165) is 23.9 Å². The minimum atomic E-state index is 0.356. The summed E-state index contributed by atoms with van der Waals surface area (Å²) >= 11 is 1.87. The first-order valence-electron chi connectivity index (χ1n) is 7.52. The largest absolute Gasteiger partial charge is 0.373 e. The molecular formula is C16H22N4S. The Morgan fingerprint density at radius 1 is 1.29 bits per heavy atom. The average molecular weight is 302 g/mol. The summed E-state index contributed by atoms with van der Waals surface area (Å²) in [5, 5.41) is 6.64.